The molecule has 1 saturated carbocycles. The van der Waals surface area contributed by atoms with Crippen LogP contribution >= 0.6 is 0 Å². The molecule has 0 aromatic rings. The van der Waals surface area contributed by atoms with Gasteiger partial charge in [-0.3, -0.25) is 0 Å². The summed E-state index contributed by atoms with van der Waals surface area (Å²) >= 11 is 0. The van der Waals surface area contributed by atoms with Gasteiger partial charge in [-0.25, -0.2) is 5.48 Å². The Bertz CT molecular complexity index is 212. The molecule has 0 saturated heterocycles. The van der Waals surface area contributed by atoms with Crippen molar-refractivity contribution in [3.63, 3.8) is 0 Å². The molecule has 0 radical (unpaired) electrons. The fourth-order valence-corrected chi connectivity index (χ4v) is 2.52. The maximum atomic E-state index is 5.39. The predicted octanol–water partition coefficient (Wildman–Crippen LogP) is 2.38. The van der Waals surface area contributed by atoms with E-state index in [1.165, 1.54) is 12.8 Å². The third-order valence-corrected chi connectivity index (χ3v) is 3.28. The number of rotatable bonds is 5. The van der Waals surface area contributed by atoms with Gasteiger partial charge in [-0.2, -0.15) is 0 Å². The maximum absolute atomic E-state index is 5.39. The topological polar surface area (TPSA) is 21.3 Å². The van der Waals surface area contributed by atoms with Gasteiger partial charge in [-0.15, -0.1) is 0 Å². The monoisotopic (exact) mass is 195 g/mol. The Morgan fingerprint density at radius 3 is 2.79 bits per heavy atom. The summed E-state index contributed by atoms with van der Waals surface area (Å²) < 4.78 is 0. The molecule has 2 rings (SSSR count). The Balaban J connectivity index is 1.61. The molecule has 1 N–H and O–H groups in total. The van der Waals surface area contributed by atoms with E-state index in [1.807, 2.05) is 0 Å². The molecule has 3 unspecified atom stereocenters. The van der Waals surface area contributed by atoms with Crippen molar-refractivity contribution in [1.29, 1.82) is 0 Å². The van der Waals surface area contributed by atoms with E-state index < -0.39 is 0 Å². The molecule has 2 heteroatoms. The van der Waals surface area contributed by atoms with Gasteiger partial charge in [-0.1, -0.05) is 26.0 Å². The molecular weight excluding hydrogens is 174 g/mol. The number of allylic oxidation sites excluding steroid dienone is 2. The Kier molecular flexibility index (Phi) is 3.24. The van der Waals surface area contributed by atoms with Crippen molar-refractivity contribution < 1.29 is 4.84 Å². The predicted molar refractivity (Wildman–Crippen MR) is 57.6 cm³/mol. The quantitative estimate of drug-likeness (QED) is 0.413. The largest absolute Gasteiger partial charge is 0.302 e. The Hall–Kier alpha value is -0.340. The molecule has 2 aliphatic carbocycles. The highest BCUT2D eigenvalue weighted by Crippen LogP contribution is 2.42. The van der Waals surface area contributed by atoms with Gasteiger partial charge in [0.25, 0.3) is 0 Å². The van der Waals surface area contributed by atoms with Crippen LogP contribution in [0.25, 0.3) is 0 Å². The minimum atomic E-state index is 0.613. The molecule has 3 atom stereocenters. The van der Waals surface area contributed by atoms with Crippen molar-refractivity contribution in [2.45, 2.75) is 26.7 Å². The lowest BCUT2D eigenvalue weighted by molar-refractivity contribution is 0.0141. The summed E-state index contributed by atoms with van der Waals surface area (Å²) in [5.41, 5.74) is 3.11. The lowest BCUT2D eigenvalue weighted by Crippen LogP contribution is -2.27. The van der Waals surface area contributed by atoms with E-state index in [-0.39, 0.29) is 0 Å². The van der Waals surface area contributed by atoms with Gasteiger partial charge >= 0.3 is 0 Å². The summed E-state index contributed by atoms with van der Waals surface area (Å²) in [7, 11) is 0. The maximum Gasteiger partial charge on any atom is 0.0705 e. The van der Waals surface area contributed by atoms with Crippen LogP contribution < -0.4 is 5.48 Å². The number of nitrogens with one attached hydrogen (secondary N) is 1. The second-order valence-electron chi connectivity index (χ2n) is 5.09. The van der Waals surface area contributed by atoms with E-state index in [0.29, 0.717) is 5.92 Å². The highest BCUT2D eigenvalue weighted by Gasteiger charge is 2.35. The fourth-order valence-electron chi connectivity index (χ4n) is 2.52. The lowest BCUT2D eigenvalue weighted by Gasteiger charge is -2.18. The van der Waals surface area contributed by atoms with E-state index in [9.17, 15) is 0 Å². The number of fused-ring (bicyclic) bond motifs is 2. The Labute approximate surface area is 86.7 Å². The van der Waals surface area contributed by atoms with Gasteiger partial charge < -0.3 is 4.84 Å². The number of hydrogen-bond acceptors (Lipinski definition) is 2. The fraction of sp³-hybridized carbons (Fsp3) is 0.833. The second-order valence-corrected chi connectivity index (χ2v) is 5.09. The smallest absolute Gasteiger partial charge is 0.0705 e. The van der Waals surface area contributed by atoms with E-state index in [2.05, 4.69) is 31.5 Å². The molecule has 0 amide bonds. The normalized spacial score (nSPS) is 34.6. The Morgan fingerprint density at radius 2 is 2.21 bits per heavy atom. The molecule has 2 bridgehead atoms. The van der Waals surface area contributed by atoms with Crippen LogP contribution in [0.5, 0.6) is 0 Å². The van der Waals surface area contributed by atoms with Crippen LogP contribution in [0.15, 0.2) is 12.2 Å². The van der Waals surface area contributed by atoms with Crippen molar-refractivity contribution >= 4 is 0 Å². The van der Waals surface area contributed by atoms with E-state index in [0.717, 1.165) is 30.9 Å². The standard InChI is InChI=1S/C12H21NO/c1-9(2)8-14-13-7-12-6-10-3-4-11(12)5-10/h3-4,9-13H,5-8H2,1-2H3. The lowest BCUT2D eigenvalue weighted by atomic mass is 9.94. The van der Waals surface area contributed by atoms with E-state index in [4.69, 9.17) is 4.84 Å². The zero-order chi connectivity index (χ0) is 9.97. The third kappa shape index (κ3) is 2.37. The van der Waals surface area contributed by atoms with Crippen molar-refractivity contribution in [2.75, 3.05) is 13.2 Å². The van der Waals surface area contributed by atoms with Gasteiger partial charge in [0.15, 0.2) is 0 Å². The minimum Gasteiger partial charge on any atom is -0.302 e. The molecule has 80 valence electrons. The molecule has 0 aromatic carbocycles. The van der Waals surface area contributed by atoms with Crippen LogP contribution in [0.4, 0.5) is 0 Å². The van der Waals surface area contributed by atoms with Crippen molar-refractivity contribution in [3.8, 4) is 0 Å². The molecule has 0 aromatic heterocycles. The number of hydrogen-bond donors (Lipinski definition) is 1. The van der Waals surface area contributed by atoms with Crippen LogP contribution in [-0.2, 0) is 4.84 Å². The van der Waals surface area contributed by atoms with Crippen LogP contribution in [0.3, 0.4) is 0 Å². The molecule has 2 nitrogen and oxygen atoms in total. The van der Waals surface area contributed by atoms with Crippen molar-refractivity contribution in [1.82, 2.24) is 5.48 Å². The molecule has 0 aliphatic heterocycles. The minimum absolute atomic E-state index is 0.613. The third-order valence-electron chi connectivity index (χ3n) is 3.28. The molecule has 2 aliphatic rings. The van der Waals surface area contributed by atoms with Crippen molar-refractivity contribution in [3.05, 3.63) is 12.2 Å². The SMILES string of the molecule is CC(C)CONCC1CC2C=CC1C2. The first kappa shape index (κ1) is 10.2. The summed E-state index contributed by atoms with van der Waals surface area (Å²) in [5.74, 6) is 3.13. The average Bonchev–Trinajstić information content (AvgIpc) is 2.73. The first-order chi connectivity index (χ1) is 6.75. The molecule has 0 heterocycles. The molecule has 0 spiro atoms. The highest BCUT2D eigenvalue weighted by molar-refractivity contribution is 5.10. The van der Waals surface area contributed by atoms with Gasteiger partial charge in [0.1, 0.15) is 0 Å². The van der Waals surface area contributed by atoms with Gasteiger partial charge in [0.05, 0.1) is 6.61 Å². The van der Waals surface area contributed by atoms with E-state index >= 15 is 0 Å². The zero-order valence-corrected chi connectivity index (χ0v) is 9.20. The molecule has 14 heavy (non-hydrogen) atoms. The van der Waals surface area contributed by atoms with Crippen LogP contribution in [0.2, 0.25) is 0 Å². The van der Waals surface area contributed by atoms with Crippen LogP contribution in [0.1, 0.15) is 26.7 Å². The second kappa shape index (κ2) is 4.45. The van der Waals surface area contributed by atoms with Gasteiger partial charge in [0.2, 0.25) is 0 Å². The van der Waals surface area contributed by atoms with Gasteiger partial charge in [-0.05, 0) is 36.5 Å². The number of hydroxylamine groups is 1. The first-order valence-electron chi connectivity index (χ1n) is 5.78. The summed E-state index contributed by atoms with van der Waals surface area (Å²) in [6.45, 7) is 6.18. The Morgan fingerprint density at radius 1 is 1.36 bits per heavy atom. The summed E-state index contributed by atoms with van der Waals surface area (Å²) in [6.07, 6.45) is 7.52. The molecule has 1 fully saturated rings. The summed E-state index contributed by atoms with van der Waals surface area (Å²) in [6, 6.07) is 0. The average molecular weight is 195 g/mol. The highest BCUT2D eigenvalue weighted by atomic mass is 16.6. The summed E-state index contributed by atoms with van der Waals surface area (Å²) in [4.78, 5) is 5.39. The van der Waals surface area contributed by atoms with Crippen LogP contribution in [-0.4, -0.2) is 13.2 Å². The van der Waals surface area contributed by atoms with Gasteiger partial charge in [0, 0.05) is 6.54 Å². The first-order valence-corrected chi connectivity index (χ1v) is 5.78. The van der Waals surface area contributed by atoms with E-state index in [1.54, 1.807) is 0 Å². The van der Waals surface area contributed by atoms with Crippen LogP contribution in [0, 0.1) is 23.7 Å². The summed E-state index contributed by atoms with van der Waals surface area (Å²) in [5, 5.41) is 0. The van der Waals surface area contributed by atoms with Crippen molar-refractivity contribution in [2.24, 2.45) is 23.7 Å². The zero-order valence-electron chi connectivity index (χ0n) is 9.20. The molecular formula is C12H21NO.